The minimum atomic E-state index is -0.112. The molecule has 3 aromatic rings. The van der Waals surface area contributed by atoms with Crippen LogP contribution in [0.1, 0.15) is 16.7 Å². The van der Waals surface area contributed by atoms with Crippen molar-refractivity contribution in [1.29, 1.82) is 0 Å². The SMILES string of the molecule is COc1ccc(CCN2C(=O)/C(=C\c3ccc(N(C)C)cc3)N(CCc3ccc(OC)c(OC)c3)C2=S)cc1OC. The molecule has 0 saturated carbocycles. The Hall–Kier alpha value is -4.24. The van der Waals surface area contributed by atoms with Crippen LogP contribution < -0.4 is 23.8 Å². The van der Waals surface area contributed by atoms with Gasteiger partial charge in [0.1, 0.15) is 5.70 Å². The number of hydrogen-bond acceptors (Lipinski definition) is 7. The summed E-state index contributed by atoms with van der Waals surface area (Å²) in [5.41, 5.74) is 4.64. The zero-order valence-electron chi connectivity index (χ0n) is 24.5. The van der Waals surface area contributed by atoms with Crippen LogP contribution in [0.5, 0.6) is 23.0 Å². The number of benzene rings is 3. The predicted molar refractivity (Wildman–Crippen MR) is 166 cm³/mol. The molecule has 3 aromatic carbocycles. The summed E-state index contributed by atoms with van der Waals surface area (Å²) in [5.74, 6) is 2.54. The lowest BCUT2D eigenvalue weighted by Crippen LogP contribution is -2.35. The molecule has 8 nitrogen and oxygen atoms in total. The molecule has 4 rings (SSSR count). The van der Waals surface area contributed by atoms with Crippen molar-refractivity contribution < 1.29 is 23.7 Å². The molecule has 0 aromatic heterocycles. The number of carbonyl (C=O) groups excluding carboxylic acids is 1. The summed E-state index contributed by atoms with van der Waals surface area (Å²) in [4.78, 5) is 19.4. The number of methoxy groups -OCH3 is 4. The van der Waals surface area contributed by atoms with Gasteiger partial charge in [-0.1, -0.05) is 24.3 Å². The number of ether oxygens (including phenoxy) is 4. The zero-order valence-corrected chi connectivity index (χ0v) is 25.3. The first-order chi connectivity index (χ1) is 19.8. The molecule has 0 atom stereocenters. The molecule has 1 heterocycles. The van der Waals surface area contributed by atoms with Crippen molar-refractivity contribution in [2.45, 2.75) is 12.8 Å². The molecule has 0 radical (unpaired) electrons. The predicted octanol–water partition coefficient (Wildman–Crippen LogP) is 5.04. The fraction of sp³-hybridized carbons (Fsp3) is 0.312. The Morgan fingerprint density at radius 1 is 0.707 bits per heavy atom. The van der Waals surface area contributed by atoms with E-state index in [1.807, 2.05) is 90.6 Å². The molecule has 1 amide bonds. The Bertz CT molecular complexity index is 1420. The van der Waals surface area contributed by atoms with E-state index in [1.165, 1.54) is 0 Å². The second-order valence-corrected chi connectivity index (χ2v) is 10.2. The zero-order chi connectivity index (χ0) is 29.5. The molecule has 0 bridgehead atoms. The Balaban J connectivity index is 1.59. The van der Waals surface area contributed by atoms with Crippen LogP contribution in [0.25, 0.3) is 6.08 Å². The average molecular weight is 576 g/mol. The fourth-order valence-corrected chi connectivity index (χ4v) is 5.09. The van der Waals surface area contributed by atoms with Gasteiger partial charge in [-0.25, -0.2) is 0 Å². The van der Waals surface area contributed by atoms with Crippen LogP contribution in [0.2, 0.25) is 0 Å². The standard InChI is InChI=1S/C32H37N3O5S/c1-33(2)25-11-7-22(8-12-25)19-26-31(36)35(18-16-24-10-14-28(38-4)30(21-24)40-6)32(41)34(26)17-15-23-9-13-27(37-3)29(20-23)39-5/h7-14,19-21H,15-18H2,1-6H3/b26-19+. The molecule has 1 saturated heterocycles. The van der Waals surface area contributed by atoms with Gasteiger partial charge in [0.05, 0.1) is 28.4 Å². The minimum absolute atomic E-state index is 0.112. The molecule has 0 aliphatic carbocycles. The Morgan fingerprint density at radius 2 is 1.20 bits per heavy atom. The average Bonchev–Trinajstić information content (AvgIpc) is 3.21. The molecule has 0 spiro atoms. The third-order valence-electron chi connectivity index (χ3n) is 7.07. The number of amides is 1. The summed E-state index contributed by atoms with van der Waals surface area (Å²) in [6, 6.07) is 19.7. The second kappa shape index (κ2) is 13.4. The molecule has 41 heavy (non-hydrogen) atoms. The molecule has 1 aliphatic heterocycles. The summed E-state index contributed by atoms with van der Waals surface area (Å²) in [7, 11) is 10.5. The van der Waals surface area contributed by atoms with Crippen molar-refractivity contribution in [3.63, 3.8) is 0 Å². The van der Waals surface area contributed by atoms with Gasteiger partial charge in [0, 0.05) is 32.9 Å². The van der Waals surface area contributed by atoms with Crippen LogP contribution in [-0.4, -0.2) is 76.4 Å². The van der Waals surface area contributed by atoms with E-state index in [9.17, 15) is 4.79 Å². The lowest BCUT2D eigenvalue weighted by Gasteiger charge is -2.21. The van der Waals surface area contributed by atoms with Gasteiger partial charge in [0.2, 0.25) is 0 Å². The van der Waals surface area contributed by atoms with Crippen LogP contribution in [0.4, 0.5) is 5.69 Å². The van der Waals surface area contributed by atoms with E-state index >= 15 is 0 Å². The summed E-state index contributed by atoms with van der Waals surface area (Å²) in [5, 5.41) is 0.493. The van der Waals surface area contributed by atoms with E-state index in [1.54, 1.807) is 33.3 Å². The topological polar surface area (TPSA) is 63.7 Å². The van der Waals surface area contributed by atoms with Crippen LogP contribution >= 0.6 is 12.2 Å². The number of carbonyl (C=O) groups is 1. The summed E-state index contributed by atoms with van der Waals surface area (Å²) >= 11 is 5.89. The van der Waals surface area contributed by atoms with Crippen molar-refractivity contribution in [3.05, 3.63) is 83.1 Å². The summed E-state index contributed by atoms with van der Waals surface area (Å²) in [6.07, 6.45) is 3.19. The van der Waals surface area contributed by atoms with Gasteiger partial charge >= 0.3 is 0 Å². The minimum Gasteiger partial charge on any atom is -0.493 e. The highest BCUT2D eigenvalue weighted by molar-refractivity contribution is 7.80. The van der Waals surface area contributed by atoms with E-state index in [0.29, 0.717) is 59.7 Å². The smallest absolute Gasteiger partial charge is 0.276 e. The van der Waals surface area contributed by atoms with Crippen molar-refractivity contribution in [3.8, 4) is 23.0 Å². The molecule has 0 N–H and O–H groups in total. The quantitative estimate of drug-likeness (QED) is 0.220. The van der Waals surface area contributed by atoms with Gasteiger partial charge in [0.25, 0.3) is 5.91 Å². The molecular formula is C32H37N3O5S. The number of thiocarbonyl (C=S) groups is 1. The third-order valence-corrected chi connectivity index (χ3v) is 7.51. The van der Waals surface area contributed by atoms with E-state index in [0.717, 1.165) is 22.4 Å². The number of anilines is 1. The van der Waals surface area contributed by atoms with Crippen LogP contribution in [-0.2, 0) is 17.6 Å². The number of nitrogens with zero attached hydrogens (tertiary/aromatic N) is 3. The van der Waals surface area contributed by atoms with E-state index in [-0.39, 0.29) is 5.91 Å². The van der Waals surface area contributed by atoms with Gasteiger partial charge in [0.15, 0.2) is 28.1 Å². The second-order valence-electron chi connectivity index (χ2n) is 9.79. The highest BCUT2D eigenvalue weighted by atomic mass is 32.1. The van der Waals surface area contributed by atoms with E-state index < -0.39 is 0 Å². The van der Waals surface area contributed by atoms with Crippen molar-refractivity contribution in [2.24, 2.45) is 0 Å². The maximum absolute atomic E-state index is 13.8. The maximum atomic E-state index is 13.8. The first kappa shape index (κ1) is 29.7. The van der Waals surface area contributed by atoms with E-state index in [2.05, 4.69) is 0 Å². The van der Waals surface area contributed by atoms with Gasteiger partial charge in [-0.2, -0.15) is 0 Å². The van der Waals surface area contributed by atoms with Gasteiger partial charge < -0.3 is 28.7 Å². The largest absolute Gasteiger partial charge is 0.493 e. The molecule has 0 unspecified atom stereocenters. The monoisotopic (exact) mass is 575 g/mol. The molecular weight excluding hydrogens is 538 g/mol. The lowest BCUT2D eigenvalue weighted by atomic mass is 10.1. The summed E-state index contributed by atoms with van der Waals surface area (Å²) in [6.45, 7) is 0.978. The fourth-order valence-electron chi connectivity index (χ4n) is 4.72. The summed E-state index contributed by atoms with van der Waals surface area (Å²) < 4.78 is 21.7. The normalized spacial score (nSPS) is 14.0. The van der Waals surface area contributed by atoms with Crippen LogP contribution in [0, 0.1) is 0 Å². The van der Waals surface area contributed by atoms with E-state index in [4.69, 9.17) is 31.2 Å². The highest BCUT2D eigenvalue weighted by Gasteiger charge is 2.37. The van der Waals surface area contributed by atoms with Crippen LogP contribution in [0.15, 0.2) is 66.4 Å². The molecule has 1 aliphatic rings. The molecule has 1 fully saturated rings. The third kappa shape index (κ3) is 6.74. The Labute approximate surface area is 247 Å². The molecule has 216 valence electrons. The van der Waals surface area contributed by atoms with Crippen molar-refractivity contribution >= 4 is 35.0 Å². The van der Waals surface area contributed by atoms with Crippen molar-refractivity contribution in [1.82, 2.24) is 9.80 Å². The van der Waals surface area contributed by atoms with Gasteiger partial charge in [-0.05, 0) is 84.2 Å². The lowest BCUT2D eigenvalue weighted by molar-refractivity contribution is -0.122. The number of hydrogen-bond donors (Lipinski definition) is 0. The van der Waals surface area contributed by atoms with Gasteiger partial charge in [-0.3, -0.25) is 9.69 Å². The highest BCUT2D eigenvalue weighted by Crippen LogP contribution is 2.31. The van der Waals surface area contributed by atoms with Gasteiger partial charge in [-0.15, -0.1) is 0 Å². The molecule has 9 heteroatoms. The first-order valence-electron chi connectivity index (χ1n) is 13.3. The number of rotatable bonds is 12. The Morgan fingerprint density at radius 3 is 1.66 bits per heavy atom. The maximum Gasteiger partial charge on any atom is 0.276 e. The van der Waals surface area contributed by atoms with Crippen molar-refractivity contribution in [2.75, 3.05) is 60.5 Å². The Kier molecular flexibility index (Phi) is 9.73. The first-order valence-corrected chi connectivity index (χ1v) is 13.7. The van der Waals surface area contributed by atoms with Crippen LogP contribution in [0.3, 0.4) is 0 Å².